The number of anilines is 1. The third kappa shape index (κ3) is 7.57. The van der Waals surface area contributed by atoms with Crippen molar-refractivity contribution in [3.05, 3.63) is 62.0 Å². The van der Waals surface area contributed by atoms with Gasteiger partial charge in [0, 0.05) is 50.3 Å². The van der Waals surface area contributed by atoms with Gasteiger partial charge in [0.25, 0.3) is 5.56 Å². The molecule has 11 nitrogen and oxygen atoms in total. The van der Waals surface area contributed by atoms with Gasteiger partial charge in [0.15, 0.2) is 0 Å². The molecule has 1 amide bonds. The quantitative estimate of drug-likeness (QED) is 0.215. The lowest BCUT2D eigenvalue weighted by molar-refractivity contribution is -0.133. The average molecular weight is 582 g/mol. The Morgan fingerprint density at radius 3 is 2.56 bits per heavy atom. The van der Waals surface area contributed by atoms with Gasteiger partial charge in [-0.15, -0.1) is 11.3 Å². The summed E-state index contributed by atoms with van der Waals surface area (Å²) in [5.74, 6) is -0.453. The highest BCUT2D eigenvalue weighted by Gasteiger charge is 2.27. The van der Waals surface area contributed by atoms with Crippen LogP contribution in [-0.4, -0.2) is 75.0 Å². The molecule has 12 heteroatoms. The second kappa shape index (κ2) is 13.8. The molecule has 0 unspecified atom stereocenters. The standard InChI is InChI=1S/C29H39N7O4S/c1-19(2)23-18-41-25(32-23)8-6-20-10-12-36-24(17-20)33-27(21(28(36)39)7-9-26(37)38)34-13-15-35(16-14-34)29(40)22(31)5-3-4-11-30/h7,9-10,12,17-19,22H,3-6,8,11,13-16,30-31H2,1-2H3,(H,37,38)/t22-/m0/s1. The molecule has 4 rings (SSSR count). The van der Waals surface area contributed by atoms with Crippen LogP contribution in [0.15, 0.2) is 34.6 Å². The van der Waals surface area contributed by atoms with Gasteiger partial charge in [0.2, 0.25) is 5.91 Å². The first-order chi connectivity index (χ1) is 19.7. The molecular formula is C29H39N7O4S. The molecular weight excluding hydrogens is 542 g/mol. The van der Waals surface area contributed by atoms with E-state index in [1.807, 2.05) is 17.0 Å². The number of amides is 1. The van der Waals surface area contributed by atoms with Gasteiger partial charge in [-0.25, -0.2) is 14.8 Å². The van der Waals surface area contributed by atoms with Crippen molar-refractivity contribution in [2.24, 2.45) is 11.5 Å². The van der Waals surface area contributed by atoms with Gasteiger partial charge < -0.3 is 26.4 Å². The fourth-order valence-electron chi connectivity index (χ4n) is 4.84. The molecule has 0 spiro atoms. The van der Waals surface area contributed by atoms with Crippen LogP contribution in [0.1, 0.15) is 60.9 Å². The lowest BCUT2D eigenvalue weighted by atomic mass is 10.1. The summed E-state index contributed by atoms with van der Waals surface area (Å²) in [5.41, 5.74) is 14.1. The van der Waals surface area contributed by atoms with Crippen molar-refractivity contribution in [2.45, 2.75) is 57.9 Å². The SMILES string of the molecule is CC(C)c1csc(CCc2ccn3c(=O)c(C=CC(=O)O)c(N4CCN(C(=O)[C@@H](N)CCCCN)CC4)nc3c2)n1. The number of nitrogens with two attached hydrogens (primary N) is 2. The number of aryl methyl sites for hydroxylation is 2. The van der Waals surface area contributed by atoms with Crippen LogP contribution in [0.4, 0.5) is 5.82 Å². The molecule has 0 aliphatic carbocycles. The zero-order chi connectivity index (χ0) is 29.5. The Balaban J connectivity index is 1.56. The molecule has 1 aliphatic rings. The maximum absolute atomic E-state index is 13.5. The highest BCUT2D eigenvalue weighted by atomic mass is 32.1. The number of hydrogen-bond acceptors (Lipinski definition) is 9. The van der Waals surface area contributed by atoms with Gasteiger partial charge in [-0.2, -0.15) is 0 Å². The van der Waals surface area contributed by atoms with E-state index in [1.165, 1.54) is 10.5 Å². The van der Waals surface area contributed by atoms with Gasteiger partial charge in [0.1, 0.15) is 11.5 Å². The number of aliphatic carboxylic acids is 1. The Hall–Kier alpha value is -3.61. The summed E-state index contributed by atoms with van der Waals surface area (Å²) in [5, 5.41) is 12.4. The van der Waals surface area contributed by atoms with Crippen molar-refractivity contribution in [3.8, 4) is 0 Å². The zero-order valence-electron chi connectivity index (χ0n) is 23.7. The van der Waals surface area contributed by atoms with Gasteiger partial charge >= 0.3 is 5.97 Å². The van der Waals surface area contributed by atoms with Crippen molar-refractivity contribution < 1.29 is 14.7 Å². The van der Waals surface area contributed by atoms with E-state index in [0.717, 1.165) is 48.0 Å². The number of carboxylic acids is 1. The fraction of sp³-hybridized carbons (Fsp3) is 0.483. The predicted octanol–water partition coefficient (Wildman–Crippen LogP) is 2.26. The number of aromatic nitrogens is 3. The van der Waals surface area contributed by atoms with Crippen molar-refractivity contribution in [1.29, 1.82) is 0 Å². The van der Waals surface area contributed by atoms with E-state index >= 15 is 0 Å². The van der Waals surface area contributed by atoms with Crippen LogP contribution in [0.5, 0.6) is 0 Å². The van der Waals surface area contributed by atoms with Gasteiger partial charge in [-0.3, -0.25) is 14.0 Å². The molecule has 1 saturated heterocycles. The van der Waals surface area contributed by atoms with E-state index < -0.39 is 12.0 Å². The smallest absolute Gasteiger partial charge is 0.328 e. The van der Waals surface area contributed by atoms with Gasteiger partial charge in [-0.05, 0) is 55.5 Å². The Labute approximate surface area is 243 Å². The van der Waals surface area contributed by atoms with Crippen LogP contribution >= 0.6 is 11.3 Å². The highest BCUT2D eigenvalue weighted by Crippen LogP contribution is 2.22. The minimum atomic E-state index is -1.15. The summed E-state index contributed by atoms with van der Waals surface area (Å²) in [7, 11) is 0. The van der Waals surface area contributed by atoms with E-state index in [4.69, 9.17) is 21.4 Å². The van der Waals surface area contributed by atoms with E-state index in [9.17, 15) is 19.5 Å². The van der Waals surface area contributed by atoms with Crippen molar-refractivity contribution in [3.63, 3.8) is 0 Å². The van der Waals surface area contributed by atoms with Crippen LogP contribution in [0.3, 0.4) is 0 Å². The van der Waals surface area contributed by atoms with Gasteiger partial charge in [0.05, 0.1) is 22.3 Å². The Morgan fingerprint density at radius 2 is 1.90 bits per heavy atom. The van der Waals surface area contributed by atoms with Crippen molar-refractivity contribution in [2.75, 3.05) is 37.6 Å². The molecule has 0 aromatic carbocycles. The Morgan fingerprint density at radius 1 is 1.15 bits per heavy atom. The molecule has 1 fully saturated rings. The largest absolute Gasteiger partial charge is 0.478 e. The van der Waals surface area contributed by atoms with Crippen LogP contribution in [0.2, 0.25) is 0 Å². The van der Waals surface area contributed by atoms with Crippen LogP contribution in [0, 0.1) is 0 Å². The number of unbranched alkanes of at least 4 members (excludes halogenated alkanes) is 1. The van der Waals surface area contributed by atoms with Crippen LogP contribution < -0.4 is 21.9 Å². The second-order valence-corrected chi connectivity index (χ2v) is 11.6. The third-order valence-corrected chi connectivity index (χ3v) is 8.19. The average Bonchev–Trinajstić information content (AvgIpc) is 3.45. The molecule has 5 N–H and O–H groups in total. The highest BCUT2D eigenvalue weighted by molar-refractivity contribution is 7.09. The summed E-state index contributed by atoms with van der Waals surface area (Å²) in [6.45, 7) is 6.57. The zero-order valence-corrected chi connectivity index (χ0v) is 24.5. The molecule has 0 bridgehead atoms. The Kier molecular flexibility index (Phi) is 10.2. The molecule has 4 heterocycles. The first kappa shape index (κ1) is 30.4. The monoisotopic (exact) mass is 581 g/mol. The maximum Gasteiger partial charge on any atom is 0.328 e. The van der Waals surface area contributed by atoms with E-state index in [-0.39, 0.29) is 17.0 Å². The number of fused-ring (bicyclic) bond motifs is 1. The number of rotatable bonds is 12. The Bertz CT molecular complexity index is 1460. The minimum Gasteiger partial charge on any atom is -0.478 e. The first-order valence-electron chi connectivity index (χ1n) is 14.1. The fourth-order valence-corrected chi connectivity index (χ4v) is 5.80. The summed E-state index contributed by atoms with van der Waals surface area (Å²) in [6, 6.07) is 3.22. The number of piperazine rings is 1. The lowest BCUT2D eigenvalue weighted by Gasteiger charge is -2.37. The predicted molar refractivity (Wildman–Crippen MR) is 161 cm³/mol. The summed E-state index contributed by atoms with van der Waals surface area (Å²) >= 11 is 1.66. The van der Waals surface area contributed by atoms with Crippen molar-refractivity contribution >= 4 is 40.8 Å². The topological polar surface area (TPSA) is 160 Å². The third-order valence-electron chi connectivity index (χ3n) is 7.27. The molecule has 3 aromatic rings. The normalized spacial score (nSPS) is 14.9. The van der Waals surface area contributed by atoms with E-state index in [0.29, 0.717) is 56.5 Å². The number of nitrogens with zero attached hydrogens (tertiary/aromatic N) is 5. The molecule has 41 heavy (non-hydrogen) atoms. The molecule has 3 aromatic heterocycles. The van der Waals surface area contributed by atoms with E-state index in [2.05, 4.69) is 19.2 Å². The molecule has 0 radical (unpaired) electrons. The second-order valence-electron chi connectivity index (χ2n) is 10.6. The number of pyridine rings is 1. The minimum absolute atomic E-state index is 0.0930. The number of thiazole rings is 1. The number of carbonyl (C=O) groups is 2. The number of carboxylic acid groups (broad SMARTS) is 1. The molecule has 1 aliphatic heterocycles. The summed E-state index contributed by atoms with van der Waals surface area (Å²) in [4.78, 5) is 50.9. The summed E-state index contributed by atoms with van der Waals surface area (Å²) < 4.78 is 1.44. The molecule has 1 atom stereocenters. The molecule has 220 valence electrons. The summed E-state index contributed by atoms with van der Waals surface area (Å²) in [6.07, 6.45) is 7.69. The van der Waals surface area contributed by atoms with Gasteiger partial charge in [-0.1, -0.05) is 20.3 Å². The van der Waals surface area contributed by atoms with Crippen molar-refractivity contribution in [1.82, 2.24) is 19.3 Å². The van der Waals surface area contributed by atoms with Crippen LogP contribution in [0.25, 0.3) is 11.7 Å². The van der Waals surface area contributed by atoms with Crippen LogP contribution in [-0.2, 0) is 22.4 Å². The lowest BCUT2D eigenvalue weighted by Crippen LogP contribution is -2.53. The van der Waals surface area contributed by atoms with E-state index in [1.54, 1.807) is 22.4 Å². The first-order valence-corrected chi connectivity index (χ1v) is 15.0. The molecule has 0 saturated carbocycles. The number of carbonyl (C=O) groups excluding carboxylic acids is 1. The number of hydrogen-bond donors (Lipinski definition) is 3. The maximum atomic E-state index is 13.5.